The molecule has 0 unspecified atom stereocenters. The van der Waals surface area contributed by atoms with E-state index in [0.717, 1.165) is 29.6 Å². The van der Waals surface area contributed by atoms with Gasteiger partial charge in [0, 0.05) is 23.7 Å². The first-order valence-electron chi connectivity index (χ1n) is 8.13. The number of aryl methyl sites for hydroxylation is 1. The molecule has 1 aromatic heterocycles. The van der Waals surface area contributed by atoms with Crippen molar-refractivity contribution in [2.24, 2.45) is 0 Å². The van der Waals surface area contributed by atoms with Crippen LogP contribution in [0.1, 0.15) is 50.3 Å². The summed E-state index contributed by atoms with van der Waals surface area (Å²) in [6.07, 6.45) is 3.53. The first-order valence-corrected chi connectivity index (χ1v) is 8.13. The van der Waals surface area contributed by atoms with Crippen LogP contribution in [-0.2, 0) is 0 Å². The SMILES string of the molecule is CC[C@@H](C)Nc1nc(Nc2ccc(C)cc2)cc(C2CC2)n1. The van der Waals surface area contributed by atoms with Gasteiger partial charge in [-0.1, -0.05) is 24.6 Å². The van der Waals surface area contributed by atoms with E-state index in [0.29, 0.717) is 12.0 Å². The zero-order chi connectivity index (χ0) is 15.5. The van der Waals surface area contributed by atoms with Crippen LogP contribution in [0.2, 0.25) is 0 Å². The van der Waals surface area contributed by atoms with Crippen LogP contribution < -0.4 is 10.6 Å². The molecule has 116 valence electrons. The third-order valence-electron chi connectivity index (χ3n) is 4.05. The minimum absolute atomic E-state index is 0.377. The van der Waals surface area contributed by atoms with Crippen molar-refractivity contribution in [2.45, 2.75) is 52.0 Å². The molecule has 1 atom stereocenters. The zero-order valence-electron chi connectivity index (χ0n) is 13.6. The lowest BCUT2D eigenvalue weighted by molar-refractivity contribution is 0.750. The zero-order valence-corrected chi connectivity index (χ0v) is 13.6. The van der Waals surface area contributed by atoms with E-state index in [9.17, 15) is 0 Å². The van der Waals surface area contributed by atoms with Crippen LogP contribution in [0.15, 0.2) is 30.3 Å². The predicted molar refractivity (Wildman–Crippen MR) is 91.8 cm³/mol. The van der Waals surface area contributed by atoms with E-state index in [1.165, 1.54) is 18.4 Å². The first-order chi connectivity index (χ1) is 10.6. The van der Waals surface area contributed by atoms with E-state index in [-0.39, 0.29) is 0 Å². The summed E-state index contributed by atoms with van der Waals surface area (Å²) in [5.74, 6) is 2.21. The Balaban J connectivity index is 1.83. The molecule has 0 spiro atoms. The highest BCUT2D eigenvalue weighted by Crippen LogP contribution is 2.40. The standard InChI is InChI=1S/C18H24N4/c1-4-13(3)19-18-21-16(14-7-8-14)11-17(22-18)20-15-9-5-12(2)6-10-15/h5-6,9-11,13-14H,4,7-8H2,1-3H3,(H2,19,20,21,22)/t13-/m1/s1. The fraction of sp³-hybridized carbons (Fsp3) is 0.444. The van der Waals surface area contributed by atoms with Crippen molar-refractivity contribution >= 4 is 17.5 Å². The van der Waals surface area contributed by atoms with Crippen molar-refractivity contribution in [3.05, 3.63) is 41.6 Å². The van der Waals surface area contributed by atoms with Gasteiger partial charge in [-0.15, -0.1) is 0 Å². The van der Waals surface area contributed by atoms with Crippen LogP contribution in [0.3, 0.4) is 0 Å². The highest BCUT2D eigenvalue weighted by molar-refractivity contribution is 5.58. The number of nitrogens with one attached hydrogen (secondary N) is 2. The minimum atomic E-state index is 0.377. The van der Waals surface area contributed by atoms with Crippen molar-refractivity contribution < 1.29 is 0 Å². The molecule has 0 aliphatic heterocycles. The number of aromatic nitrogens is 2. The van der Waals surface area contributed by atoms with Crippen LogP contribution in [0.25, 0.3) is 0 Å². The van der Waals surface area contributed by atoms with Crippen molar-refractivity contribution in [2.75, 3.05) is 10.6 Å². The highest BCUT2D eigenvalue weighted by atomic mass is 15.2. The molecule has 1 aliphatic carbocycles. The summed E-state index contributed by atoms with van der Waals surface area (Å²) in [4.78, 5) is 9.29. The molecule has 2 N–H and O–H groups in total. The molecule has 0 saturated heterocycles. The summed E-state index contributed by atoms with van der Waals surface area (Å²) in [5, 5.41) is 6.78. The molecule has 1 heterocycles. The molecule has 1 aromatic carbocycles. The van der Waals surface area contributed by atoms with E-state index in [2.05, 4.69) is 71.7 Å². The summed E-state index contributed by atoms with van der Waals surface area (Å²) >= 11 is 0. The summed E-state index contributed by atoms with van der Waals surface area (Å²) in [6, 6.07) is 10.8. The van der Waals surface area contributed by atoms with Gasteiger partial charge in [0.05, 0.1) is 5.69 Å². The average Bonchev–Trinajstić information content (AvgIpc) is 3.34. The summed E-state index contributed by atoms with van der Waals surface area (Å²) in [7, 11) is 0. The Morgan fingerprint density at radius 1 is 1.18 bits per heavy atom. The van der Waals surface area contributed by atoms with E-state index < -0.39 is 0 Å². The molecule has 0 amide bonds. The number of anilines is 3. The molecule has 4 nitrogen and oxygen atoms in total. The molecule has 1 aliphatic rings. The van der Waals surface area contributed by atoms with Gasteiger partial charge in [0.1, 0.15) is 5.82 Å². The highest BCUT2D eigenvalue weighted by Gasteiger charge is 2.26. The van der Waals surface area contributed by atoms with Crippen LogP contribution in [0, 0.1) is 6.92 Å². The van der Waals surface area contributed by atoms with Crippen LogP contribution >= 0.6 is 0 Å². The Morgan fingerprint density at radius 3 is 2.55 bits per heavy atom. The van der Waals surface area contributed by atoms with Crippen molar-refractivity contribution in [1.82, 2.24) is 9.97 Å². The molecule has 1 fully saturated rings. The number of hydrogen-bond acceptors (Lipinski definition) is 4. The minimum Gasteiger partial charge on any atom is -0.352 e. The lowest BCUT2D eigenvalue weighted by Crippen LogP contribution is -2.16. The van der Waals surface area contributed by atoms with Gasteiger partial charge in [0.2, 0.25) is 5.95 Å². The second-order valence-electron chi connectivity index (χ2n) is 6.22. The van der Waals surface area contributed by atoms with Gasteiger partial charge in [-0.3, -0.25) is 0 Å². The quantitative estimate of drug-likeness (QED) is 0.817. The largest absolute Gasteiger partial charge is 0.352 e. The summed E-state index contributed by atoms with van der Waals surface area (Å²) in [5.41, 5.74) is 3.46. The van der Waals surface area contributed by atoms with Gasteiger partial charge in [-0.25, -0.2) is 4.98 Å². The van der Waals surface area contributed by atoms with E-state index >= 15 is 0 Å². The van der Waals surface area contributed by atoms with Gasteiger partial charge in [0.15, 0.2) is 0 Å². The molecule has 22 heavy (non-hydrogen) atoms. The molecule has 4 heteroatoms. The Labute approximate surface area is 132 Å². The molecule has 1 saturated carbocycles. The maximum atomic E-state index is 4.68. The molecule has 2 aromatic rings. The summed E-state index contributed by atoms with van der Waals surface area (Å²) in [6.45, 7) is 6.40. The first kappa shape index (κ1) is 14.8. The number of rotatable bonds is 6. The fourth-order valence-corrected chi connectivity index (χ4v) is 2.29. The van der Waals surface area contributed by atoms with Crippen LogP contribution in [0.5, 0.6) is 0 Å². The third-order valence-corrected chi connectivity index (χ3v) is 4.05. The number of benzene rings is 1. The monoisotopic (exact) mass is 296 g/mol. The van der Waals surface area contributed by atoms with Crippen molar-refractivity contribution in [3.63, 3.8) is 0 Å². The smallest absolute Gasteiger partial charge is 0.225 e. The number of nitrogens with zero attached hydrogens (tertiary/aromatic N) is 2. The molecule has 0 bridgehead atoms. The Morgan fingerprint density at radius 2 is 1.91 bits per heavy atom. The van der Waals surface area contributed by atoms with Crippen molar-refractivity contribution in [3.8, 4) is 0 Å². The normalized spacial score (nSPS) is 15.4. The summed E-state index contributed by atoms with van der Waals surface area (Å²) < 4.78 is 0. The van der Waals surface area contributed by atoms with Gasteiger partial charge in [0.25, 0.3) is 0 Å². The topological polar surface area (TPSA) is 49.8 Å². The van der Waals surface area contributed by atoms with E-state index in [4.69, 9.17) is 0 Å². The van der Waals surface area contributed by atoms with Gasteiger partial charge in [-0.2, -0.15) is 4.98 Å². The molecule has 3 rings (SSSR count). The van der Waals surface area contributed by atoms with E-state index in [1.807, 2.05) is 0 Å². The Hall–Kier alpha value is -2.10. The lowest BCUT2D eigenvalue weighted by atomic mass is 10.2. The van der Waals surface area contributed by atoms with Gasteiger partial charge in [-0.05, 0) is 45.2 Å². The predicted octanol–water partition coefficient (Wildman–Crippen LogP) is 4.62. The second-order valence-corrected chi connectivity index (χ2v) is 6.22. The van der Waals surface area contributed by atoms with Crippen LogP contribution in [-0.4, -0.2) is 16.0 Å². The van der Waals surface area contributed by atoms with Crippen molar-refractivity contribution in [1.29, 1.82) is 0 Å². The molecular formula is C18H24N4. The Kier molecular flexibility index (Phi) is 4.27. The lowest BCUT2D eigenvalue weighted by Gasteiger charge is -2.14. The maximum absolute atomic E-state index is 4.68. The maximum Gasteiger partial charge on any atom is 0.225 e. The Bertz CT molecular complexity index is 632. The molecular weight excluding hydrogens is 272 g/mol. The van der Waals surface area contributed by atoms with E-state index in [1.54, 1.807) is 0 Å². The average molecular weight is 296 g/mol. The van der Waals surface area contributed by atoms with Crippen LogP contribution in [0.4, 0.5) is 17.5 Å². The second kappa shape index (κ2) is 6.34. The third kappa shape index (κ3) is 3.75. The molecule has 0 radical (unpaired) electrons. The number of hydrogen-bond donors (Lipinski definition) is 2. The fourth-order valence-electron chi connectivity index (χ4n) is 2.29. The van der Waals surface area contributed by atoms with Gasteiger partial charge < -0.3 is 10.6 Å². The van der Waals surface area contributed by atoms with Gasteiger partial charge >= 0.3 is 0 Å².